The van der Waals surface area contributed by atoms with Gasteiger partial charge in [-0.2, -0.15) is 0 Å². The number of sulfonamides is 1. The van der Waals surface area contributed by atoms with Gasteiger partial charge >= 0.3 is 0 Å². The number of fused-ring (bicyclic) bond motifs is 3. The van der Waals surface area contributed by atoms with Crippen LogP contribution in [0.5, 0.6) is 0 Å². The molecule has 0 unspecified atom stereocenters. The van der Waals surface area contributed by atoms with Gasteiger partial charge in [0.05, 0.1) is 11.8 Å². The summed E-state index contributed by atoms with van der Waals surface area (Å²) >= 11 is 0. The van der Waals surface area contributed by atoms with Gasteiger partial charge in [0.2, 0.25) is 16.0 Å². The van der Waals surface area contributed by atoms with Gasteiger partial charge in [0.15, 0.2) is 5.82 Å². The number of nitrogens with one attached hydrogen (secondary N) is 1. The fourth-order valence-corrected chi connectivity index (χ4v) is 4.74. The zero-order valence-electron chi connectivity index (χ0n) is 19.1. The standard InChI is InChI=1S/C23H28N6O3S/c1-15(2)32-21(22-24-13-16(3)14-25-22)17(4)33(30,31)28-23-27-26-20-12-8-6-10-18-9-5-7-11-19(18)29(20)23/h5-7,9-11,13-15,17,21H,8,12H2,1-4H3,(H,27,28)/t17-,21+/m0/s1. The van der Waals surface area contributed by atoms with Gasteiger partial charge in [0, 0.05) is 18.8 Å². The molecule has 3 aromatic rings. The molecule has 0 spiro atoms. The summed E-state index contributed by atoms with van der Waals surface area (Å²) in [6.07, 6.45) is 7.77. The Bertz CT molecular complexity index is 1250. The van der Waals surface area contributed by atoms with Crippen LogP contribution in [0.1, 0.15) is 56.1 Å². The molecule has 1 N–H and O–H groups in total. The number of aryl methyl sites for hydroxylation is 2. The van der Waals surface area contributed by atoms with Gasteiger partial charge in [0.1, 0.15) is 17.2 Å². The molecule has 1 aliphatic heterocycles. The lowest BCUT2D eigenvalue weighted by Crippen LogP contribution is -2.35. The molecule has 4 rings (SSSR count). The van der Waals surface area contributed by atoms with Crippen LogP contribution in [-0.4, -0.2) is 44.5 Å². The van der Waals surface area contributed by atoms with Gasteiger partial charge in [-0.1, -0.05) is 30.4 Å². The Kier molecular flexibility index (Phi) is 6.57. The maximum Gasteiger partial charge on any atom is 0.242 e. The summed E-state index contributed by atoms with van der Waals surface area (Å²) in [5.41, 5.74) is 2.65. The van der Waals surface area contributed by atoms with Crippen molar-refractivity contribution in [1.82, 2.24) is 24.7 Å². The van der Waals surface area contributed by atoms with E-state index in [9.17, 15) is 8.42 Å². The first-order chi connectivity index (χ1) is 15.8. The Morgan fingerprint density at radius 2 is 1.82 bits per heavy atom. The molecule has 0 saturated carbocycles. The average molecular weight is 469 g/mol. The lowest BCUT2D eigenvalue weighted by molar-refractivity contribution is 0.00152. The van der Waals surface area contributed by atoms with Crippen LogP contribution in [0.25, 0.3) is 11.8 Å². The van der Waals surface area contributed by atoms with Crippen LogP contribution < -0.4 is 4.72 Å². The number of rotatable bonds is 7. The van der Waals surface area contributed by atoms with Crippen molar-refractivity contribution in [3.63, 3.8) is 0 Å². The molecule has 174 valence electrons. The van der Waals surface area contributed by atoms with E-state index in [1.54, 1.807) is 23.9 Å². The Labute approximate surface area is 194 Å². The molecular weight excluding hydrogens is 440 g/mol. The molecule has 33 heavy (non-hydrogen) atoms. The van der Waals surface area contributed by atoms with Gasteiger partial charge in [0.25, 0.3) is 0 Å². The third-order valence-corrected chi connectivity index (χ3v) is 7.06. The number of anilines is 1. The highest BCUT2D eigenvalue weighted by atomic mass is 32.2. The minimum atomic E-state index is -3.94. The Morgan fingerprint density at radius 3 is 2.55 bits per heavy atom. The number of hydrogen-bond donors (Lipinski definition) is 1. The van der Waals surface area contributed by atoms with E-state index >= 15 is 0 Å². The molecule has 0 bridgehead atoms. The predicted octanol–water partition coefficient (Wildman–Crippen LogP) is 3.62. The van der Waals surface area contributed by atoms with Crippen LogP contribution in [0.15, 0.2) is 42.7 Å². The van der Waals surface area contributed by atoms with E-state index in [2.05, 4.69) is 31.0 Å². The summed E-state index contributed by atoms with van der Waals surface area (Å²) in [7, 11) is -3.94. The van der Waals surface area contributed by atoms with Crippen molar-refractivity contribution in [3.05, 3.63) is 65.5 Å². The lowest BCUT2D eigenvalue weighted by atomic mass is 10.1. The van der Waals surface area contributed by atoms with Crippen LogP contribution in [0, 0.1) is 6.92 Å². The monoisotopic (exact) mass is 468 g/mol. The van der Waals surface area contributed by atoms with E-state index < -0.39 is 21.4 Å². The van der Waals surface area contributed by atoms with Gasteiger partial charge in [-0.15, -0.1) is 10.2 Å². The SMILES string of the molecule is Cc1cnc([C@H](OC(C)C)[C@H](C)S(=O)(=O)Nc2nnc3n2-c2ccccc2C=CCC3)nc1. The molecule has 1 aliphatic rings. The van der Waals surface area contributed by atoms with Crippen molar-refractivity contribution in [2.75, 3.05) is 4.72 Å². The molecule has 0 amide bonds. The second-order valence-corrected chi connectivity index (χ2v) is 10.4. The van der Waals surface area contributed by atoms with Gasteiger partial charge in [-0.3, -0.25) is 9.29 Å². The second kappa shape index (κ2) is 9.40. The van der Waals surface area contributed by atoms with Crippen molar-refractivity contribution >= 4 is 22.0 Å². The number of aromatic nitrogens is 5. The third-order valence-electron chi connectivity index (χ3n) is 5.36. The molecule has 0 radical (unpaired) electrons. The maximum absolute atomic E-state index is 13.5. The van der Waals surface area contributed by atoms with E-state index in [4.69, 9.17) is 4.74 Å². The summed E-state index contributed by atoms with van der Waals surface area (Å²) in [6, 6.07) is 7.74. The summed E-state index contributed by atoms with van der Waals surface area (Å²) in [5, 5.41) is 7.45. The van der Waals surface area contributed by atoms with Crippen LogP contribution in [0.4, 0.5) is 5.95 Å². The van der Waals surface area contributed by atoms with Gasteiger partial charge in [-0.25, -0.2) is 18.4 Å². The van der Waals surface area contributed by atoms with Crippen LogP contribution in [0.3, 0.4) is 0 Å². The summed E-state index contributed by atoms with van der Waals surface area (Å²) < 4.78 is 37.3. The Hall–Kier alpha value is -3.11. The van der Waals surface area contributed by atoms with E-state index in [0.29, 0.717) is 18.1 Å². The fraction of sp³-hybridized carbons (Fsp3) is 0.391. The van der Waals surface area contributed by atoms with E-state index in [1.165, 1.54) is 0 Å². The predicted molar refractivity (Wildman–Crippen MR) is 126 cm³/mol. The van der Waals surface area contributed by atoms with Gasteiger partial charge in [-0.05, 0) is 51.3 Å². The molecule has 2 atom stereocenters. The number of para-hydroxylation sites is 1. The largest absolute Gasteiger partial charge is 0.366 e. The molecular formula is C23H28N6O3S. The minimum absolute atomic E-state index is 0.146. The first kappa shape index (κ1) is 23.1. The zero-order chi connectivity index (χ0) is 23.6. The Morgan fingerprint density at radius 1 is 1.09 bits per heavy atom. The molecule has 2 aromatic heterocycles. The number of allylic oxidation sites excluding steroid dienone is 1. The number of benzene rings is 1. The minimum Gasteiger partial charge on any atom is -0.366 e. The summed E-state index contributed by atoms with van der Waals surface area (Å²) in [4.78, 5) is 8.63. The quantitative estimate of drug-likeness (QED) is 0.563. The number of nitrogens with zero attached hydrogens (tertiary/aromatic N) is 5. The van der Waals surface area contributed by atoms with E-state index in [0.717, 1.165) is 23.2 Å². The van der Waals surface area contributed by atoms with Crippen molar-refractivity contribution in [2.45, 2.75) is 58.0 Å². The van der Waals surface area contributed by atoms with Crippen LogP contribution >= 0.6 is 0 Å². The third kappa shape index (κ3) is 4.96. The molecule has 0 aliphatic carbocycles. The molecule has 1 aromatic carbocycles. The van der Waals surface area contributed by atoms with E-state index in [1.807, 2.05) is 51.1 Å². The topological polar surface area (TPSA) is 112 Å². The average Bonchev–Trinajstić information content (AvgIpc) is 3.14. The molecule has 9 nitrogen and oxygen atoms in total. The number of hydrogen-bond acceptors (Lipinski definition) is 7. The zero-order valence-corrected chi connectivity index (χ0v) is 20.0. The fourth-order valence-electron chi connectivity index (χ4n) is 3.66. The second-order valence-electron chi connectivity index (χ2n) is 8.35. The molecule has 0 fully saturated rings. The van der Waals surface area contributed by atoms with Crippen molar-refractivity contribution in [2.24, 2.45) is 0 Å². The van der Waals surface area contributed by atoms with Crippen LogP contribution in [0.2, 0.25) is 0 Å². The lowest BCUT2D eigenvalue weighted by Gasteiger charge is -2.25. The maximum atomic E-state index is 13.5. The smallest absolute Gasteiger partial charge is 0.242 e. The summed E-state index contributed by atoms with van der Waals surface area (Å²) in [5.74, 6) is 1.15. The van der Waals surface area contributed by atoms with Crippen molar-refractivity contribution in [3.8, 4) is 5.69 Å². The highest BCUT2D eigenvalue weighted by Crippen LogP contribution is 2.29. The van der Waals surface area contributed by atoms with Crippen molar-refractivity contribution in [1.29, 1.82) is 0 Å². The highest BCUT2D eigenvalue weighted by Gasteiger charge is 2.35. The molecule has 10 heteroatoms. The summed E-state index contributed by atoms with van der Waals surface area (Å²) in [6.45, 7) is 7.15. The molecule has 0 saturated heterocycles. The van der Waals surface area contributed by atoms with Crippen LogP contribution in [-0.2, 0) is 21.2 Å². The number of ether oxygens (including phenoxy) is 1. The van der Waals surface area contributed by atoms with Gasteiger partial charge < -0.3 is 4.74 Å². The first-order valence-corrected chi connectivity index (χ1v) is 12.5. The Balaban J connectivity index is 1.70. The van der Waals surface area contributed by atoms with E-state index in [-0.39, 0.29) is 12.1 Å². The van der Waals surface area contributed by atoms with Crippen molar-refractivity contribution < 1.29 is 13.2 Å². The normalized spacial score (nSPS) is 15.3. The highest BCUT2D eigenvalue weighted by molar-refractivity contribution is 7.93. The molecule has 3 heterocycles. The first-order valence-electron chi connectivity index (χ1n) is 10.9.